The van der Waals surface area contributed by atoms with Gasteiger partial charge in [0.2, 0.25) is 5.43 Å². The van der Waals surface area contributed by atoms with E-state index in [-0.39, 0.29) is 11.3 Å². The predicted molar refractivity (Wildman–Crippen MR) is 115 cm³/mol. The van der Waals surface area contributed by atoms with E-state index >= 15 is 0 Å². The summed E-state index contributed by atoms with van der Waals surface area (Å²) in [5.74, 6) is 0.898. The molecule has 2 unspecified atom stereocenters. The van der Waals surface area contributed by atoms with E-state index in [0.717, 1.165) is 44.3 Å². The lowest BCUT2D eigenvalue weighted by atomic mass is 9.86. The van der Waals surface area contributed by atoms with Crippen molar-refractivity contribution in [3.63, 3.8) is 0 Å². The Kier molecular flexibility index (Phi) is 10.6. The number of carbonyl (C=O) groups is 1. The fraction of sp³-hybridized carbons (Fsp3) is 0.609. The first-order valence-electron chi connectivity index (χ1n) is 10.6. The number of hydrogen-bond donors (Lipinski definition) is 0. The molecule has 150 valence electrons. The van der Waals surface area contributed by atoms with E-state index in [0.29, 0.717) is 23.7 Å². The van der Waals surface area contributed by atoms with Crippen molar-refractivity contribution in [2.24, 2.45) is 11.8 Å². The molecule has 0 spiro atoms. The molecular weight excluding hydrogens is 336 g/mol. The molecule has 1 aliphatic carbocycles. The van der Waals surface area contributed by atoms with Crippen molar-refractivity contribution in [1.29, 1.82) is 0 Å². The van der Waals surface area contributed by atoms with Crippen molar-refractivity contribution in [1.82, 2.24) is 9.78 Å². The maximum Gasteiger partial charge on any atom is 0.207 e. The van der Waals surface area contributed by atoms with Gasteiger partial charge in [0.05, 0.1) is 11.9 Å². The second-order valence-corrected chi connectivity index (χ2v) is 6.85. The van der Waals surface area contributed by atoms with Gasteiger partial charge >= 0.3 is 0 Å². The summed E-state index contributed by atoms with van der Waals surface area (Å²) in [7, 11) is 0. The van der Waals surface area contributed by atoms with E-state index in [4.69, 9.17) is 0 Å². The van der Waals surface area contributed by atoms with Crippen LogP contribution in [-0.4, -0.2) is 15.6 Å². The van der Waals surface area contributed by atoms with E-state index in [9.17, 15) is 9.59 Å². The summed E-state index contributed by atoms with van der Waals surface area (Å²) in [4.78, 5) is 24.4. The first-order valence-corrected chi connectivity index (χ1v) is 10.6. The largest absolute Gasteiger partial charge is 0.299 e. The van der Waals surface area contributed by atoms with Gasteiger partial charge in [-0.2, -0.15) is 5.10 Å². The first kappa shape index (κ1) is 23.1. The lowest BCUT2D eigenvalue weighted by Gasteiger charge is -2.23. The van der Waals surface area contributed by atoms with Crippen molar-refractivity contribution in [2.45, 2.75) is 79.7 Å². The van der Waals surface area contributed by atoms with E-state index in [1.54, 1.807) is 0 Å². The summed E-state index contributed by atoms with van der Waals surface area (Å²) in [5, 5.41) is 4.37. The van der Waals surface area contributed by atoms with E-state index in [1.165, 1.54) is 6.20 Å². The summed E-state index contributed by atoms with van der Waals surface area (Å²) >= 11 is 0. The Morgan fingerprint density at radius 1 is 1.19 bits per heavy atom. The Balaban J connectivity index is 0.00000176. The van der Waals surface area contributed by atoms with Crippen molar-refractivity contribution in [3.8, 4) is 0 Å². The van der Waals surface area contributed by atoms with Crippen LogP contribution in [-0.2, 0) is 11.3 Å². The highest BCUT2D eigenvalue weighted by atomic mass is 16.1. The van der Waals surface area contributed by atoms with E-state index in [2.05, 4.69) is 25.0 Å². The molecule has 1 aromatic heterocycles. The van der Waals surface area contributed by atoms with E-state index in [1.807, 2.05) is 43.7 Å². The first-order chi connectivity index (χ1) is 13.1. The summed E-state index contributed by atoms with van der Waals surface area (Å²) in [6, 6.07) is 0. The molecular formula is C23H36N2O2. The van der Waals surface area contributed by atoms with Gasteiger partial charge in [0.25, 0.3) is 0 Å². The van der Waals surface area contributed by atoms with Crippen LogP contribution in [0.5, 0.6) is 0 Å². The molecule has 0 radical (unpaired) electrons. The molecule has 2 atom stereocenters. The number of allylic oxidation sites excluding steroid dienone is 2. The smallest absolute Gasteiger partial charge is 0.207 e. The molecule has 4 heteroatoms. The molecule has 0 N–H and O–H groups in total. The highest BCUT2D eigenvalue weighted by Crippen LogP contribution is 2.24. The average molecular weight is 373 g/mol. The van der Waals surface area contributed by atoms with E-state index < -0.39 is 0 Å². The fourth-order valence-electron chi connectivity index (χ4n) is 3.52. The van der Waals surface area contributed by atoms with Crippen molar-refractivity contribution in [3.05, 3.63) is 39.8 Å². The Morgan fingerprint density at radius 3 is 2.52 bits per heavy atom. The second-order valence-electron chi connectivity index (χ2n) is 6.85. The zero-order chi connectivity index (χ0) is 20.2. The van der Waals surface area contributed by atoms with Gasteiger partial charge in [-0.1, -0.05) is 65.7 Å². The number of nitrogens with zero attached hydrogens (tertiary/aromatic N) is 2. The number of ketones is 1. The van der Waals surface area contributed by atoms with Crippen molar-refractivity contribution >= 4 is 17.9 Å². The zero-order valence-corrected chi connectivity index (χ0v) is 17.7. The molecule has 0 aliphatic heterocycles. The Morgan fingerprint density at radius 2 is 1.89 bits per heavy atom. The van der Waals surface area contributed by atoms with Gasteiger partial charge in [0, 0.05) is 24.4 Å². The summed E-state index contributed by atoms with van der Waals surface area (Å²) in [6.45, 7) is 11.0. The number of aromatic nitrogens is 2. The minimum absolute atomic E-state index is 0.0351. The SMILES string of the molecule is CC.CCCC(CC(CC)Cn1ncc(=O)c2c1C=CCC=C2)C(=O)CC. The molecule has 0 amide bonds. The van der Waals surface area contributed by atoms with Crippen LogP contribution in [0.2, 0.25) is 0 Å². The Labute approximate surface area is 164 Å². The third-order valence-corrected chi connectivity index (χ3v) is 5.03. The molecule has 1 heterocycles. The van der Waals surface area contributed by atoms with Gasteiger partial charge in [0.1, 0.15) is 5.78 Å². The highest BCUT2D eigenvalue weighted by molar-refractivity contribution is 5.80. The quantitative estimate of drug-likeness (QED) is 0.574. The van der Waals surface area contributed by atoms with Crippen LogP contribution in [0.4, 0.5) is 0 Å². The van der Waals surface area contributed by atoms with Crippen LogP contribution >= 0.6 is 0 Å². The molecule has 0 saturated heterocycles. The number of hydrogen-bond acceptors (Lipinski definition) is 3. The zero-order valence-electron chi connectivity index (χ0n) is 17.7. The van der Waals surface area contributed by atoms with Gasteiger partial charge in [-0.15, -0.1) is 0 Å². The third-order valence-electron chi connectivity index (χ3n) is 5.03. The fourth-order valence-corrected chi connectivity index (χ4v) is 3.52. The van der Waals surface area contributed by atoms with Crippen LogP contribution in [0.1, 0.15) is 84.4 Å². The molecule has 0 saturated carbocycles. The van der Waals surface area contributed by atoms with Crippen LogP contribution < -0.4 is 5.43 Å². The number of rotatable bonds is 9. The van der Waals surface area contributed by atoms with Gasteiger partial charge in [-0.25, -0.2) is 0 Å². The highest BCUT2D eigenvalue weighted by Gasteiger charge is 2.21. The van der Waals surface area contributed by atoms with Gasteiger partial charge in [0.15, 0.2) is 0 Å². The van der Waals surface area contributed by atoms with Crippen LogP contribution in [0.25, 0.3) is 12.2 Å². The number of Topliss-reactive ketones (excluding diaryl/α,β-unsaturated/α-hetero) is 1. The summed E-state index contributed by atoms with van der Waals surface area (Å²) < 4.78 is 1.94. The van der Waals surface area contributed by atoms with Crippen LogP contribution in [0.15, 0.2) is 23.1 Å². The predicted octanol–water partition coefficient (Wildman–Crippen LogP) is 5.51. The normalized spacial score (nSPS) is 14.6. The van der Waals surface area contributed by atoms with Gasteiger partial charge < -0.3 is 0 Å². The monoisotopic (exact) mass is 372 g/mol. The van der Waals surface area contributed by atoms with Crippen molar-refractivity contribution < 1.29 is 4.79 Å². The number of fused-ring (bicyclic) bond motifs is 1. The standard InChI is InChI=1S/C21H30N2O2.C2H6/c1-4-10-17(20(24)6-3)13-16(5-2)15-23-19-12-9-7-8-11-18(19)21(25)14-22-23;1-2/h8-9,11-12,14,16-17H,4-7,10,13,15H2,1-3H3;1-2H3. The van der Waals surface area contributed by atoms with Gasteiger partial charge in [-0.05, 0) is 31.3 Å². The summed E-state index contributed by atoms with van der Waals surface area (Å²) in [5.41, 5.74) is 1.56. The molecule has 27 heavy (non-hydrogen) atoms. The van der Waals surface area contributed by atoms with Crippen LogP contribution in [0, 0.1) is 11.8 Å². The lowest BCUT2D eigenvalue weighted by molar-refractivity contribution is -0.123. The average Bonchev–Trinajstić information content (AvgIpc) is 2.96. The lowest BCUT2D eigenvalue weighted by Crippen LogP contribution is -2.24. The Hall–Kier alpha value is -1.97. The molecule has 0 bridgehead atoms. The molecule has 0 aromatic carbocycles. The molecule has 4 nitrogen and oxygen atoms in total. The topological polar surface area (TPSA) is 52.0 Å². The molecule has 1 aromatic rings. The Bertz CT molecular complexity index is 701. The molecule has 1 aliphatic rings. The van der Waals surface area contributed by atoms with Gasteiger partial charge in [-0.3, -0.25) is 14.3 Å². The minimum atomic E-state index is -0.0351. The minimum Gasteiger partial charge on any atom is -0.299 e. The molecule has 0 fully saturated rings. The van der Waals surface area contributed by atoms with Crippen molar-refractivity contribution in [2.75, 3.05) is 0 Å². The second kappa shape index (κ2) is 12.4. The number of carbonyl (C=O) groups excluding carboxylic acids is 1. The maximum atomic E-state index is 12.2. The maximum absolute atomic E-state index is 12.2. The van der Waals surface area contributed by atoms with Crippen LogP contribution in [0.3, 0.4) is 0 Å². The molecule has 2 rings (SSSR count). The third kappa shape index (κ3) is 6.60. The summed E-state index contributed by atoms with van der Waals surface area (Å²) in [6.07, 6.45) is 14.7.